The lowest BCUT2D eigenvalue weighted by atomic mass is 10.0. The number of carbonyl (C=O) groups excluding carboxylic acids is 1. The Morgan fingerprint density at radius 1 is 1.09 bits per heavy atom. The number of aryl methyl sites for hydroxylation is 1. The topological polar surface area (TPSA) is 103 Å². The largest absolute Gasteiger partial charge is 0.452 e. The standard InChI is InChI=1S/C23H25N3O5S/c1-16-3-5-18(6-4-16)22-24-21(31-25-22)15-30-23(27)19-7-9-20(10-8-19)32(28,29)26-13-11-17(2)12-14-26/h3-10,17H,11-15H2,1-2H3. The van der Waals surface area contributed by atoms with Crippen LogP contribution in [0.2, 0.25) is 0 Å². The van der Waals surface area contributed by atoms with Crippen molar-refractivity contribution < 1.29 is 22.5 Å². The van der Waals surface area contributed by atoms with E-state index in [1.807, 2.05) is 31.2 Å². The number of esters is 1. The van der Waals surface area contributed by atoms with E-state index < -0.39 is 16.0 Å². The lowest BCUT2D eigenvalue weighted by Gasteiger charge is -2.29. The molecule has 0 spiro atoms. The molecule has 4 rings (SSSR count). The van der Waals surface area contributed by atoms with Gasteiger partial charge in [0.05, 0.1) is 10.5 Å². The molecule has 0 unspecified atom stereocenters. The average Bonchev–Trinajstić information content (AvgIpc) is 3.27. The normalized spacial score (nSPS) is 15.6. The summed E-state index contributed by atoms with van der Waals surface area (Å²) in [6.07, 6.45) is 1.70. The zero-order chi connectivity index (χ0) is 22.7. The van der Waals surface area contributed by atoms with Crippen LogP contribution in [0.15, 0.2) is 57.9 Å². The Bertz CT molecular complexity index is 1180. The quantitative estimate of drug-likeness (QED) is 0.521. The molecule has 9 heteroatoms. The molecule has 168 valence electrons. The number of aromatic nitrogens is 2. The Kier molecular flexibility index (Phi) is 6.38. The molecule has 0 N–H and O–H groups in total. The molecular formula is C23H25N3O5S. The van der Waals surface area contributed by atoms with Gasteiger partial charge in [0.1, 0.15) is 0 Å². The molecule has 0 atom stereocenters. The van der Waals surface area contributed by atoms with Gasteiger partial charge < -0.3 is 9.26 Å². The van der Waals surface area contributed by atoms with Gasteiger partial charge >= 0.3 is 5.97 Å². The van der Waals surface area contributed by atoms with Gasteiger partial charge in [-0.05, 0) is 49.9 Å². The molecule has 2 heterocycles. The van der Waals surface area contributed by atoms with E-state index in [0.29, 0.717) is 24.8 Å². The maximum absolute atomic E-state index is 12.8. The average molecular weight is 456 g/mol. The van der Waals surface area contributed by atoms with Crippen molar-refractivity contribution in [3.63, 3.8) is 0 Å². The van der Waals surface area contributed by atoms with Crippen molar-refractivity contribution in [3.8, 4) is 11.4 Å². The fraction of sp³-hybridized carbons (Fsp3) is 0.348. The number of ether oxygens (including phenoxy) is 1. The van der Waals surface area contributed by atoms with Gasteiger partial charge in [0, 0.05) is 18.7 Å². The van der Waals surface area contributed by atoms with Crippen LogP contribution < -0.4 is 0 Å². The Morgan fingerprint density at radius 3 is 2.41 bits per heavy atom. The van der Waals surface area contributed by atoms with E-state index in [0.717, 1.165) is 24.0 Å². The molecule has 0 aliphatic carbocycles. The summed E-state index contributed by atoms with van der Waals surface area (Å²) in [5.74, 6) is 0.520. The molecule has 8 nitrogen and oxygen atoms in total. The zero-order valence-electron chi connectivity index (χ0n) is 18.0. The molecule has 2 aromatic carbocycles. The second-order valence-corrected chi connectivity index (χ2v) is 10.0. The van der Waals surface area contributed by atoms with Crippen LogP contribution in [0.4, 0.5) is 0 Å². The second-order valence-electron chi connectivity index (χ2n) is 8.06. The first-order chi connectivity index (χ1) is 15.3. The third-order valence-corrected chi connectivity index (χ3v) is 7.49. The molecule has 0 amide bonds. The minimum absolute atomic E-state index is 0.170. The Balaban J connectivity index is 1.37. The van der Waals surface area contributed by atoms with Gasteiger partial charge in [-0.2, -0.15) is 9.29 Å². The summed E-state index contributed by atoms with van der Waals surface area (Å²) in [4.78, 5) is 16.8. The first-order valence-corrected chi connectivity index (χ1v) is 11.9. The number of rotatable bonds is 6. The first kappa shape index (κ1) is 22.2. The number of hydrogen-bond donors (Lipinski definition) is 0. The van der Waals surface area contributed by atoms with Crippen LogP contribution in [-0.4, -0.2) is 41.9 Å². The van der Waals surface area contributed by atoms with Gasteiger partial charge in [0.2, 0.25) is 15.8 Å². The van der Waals surface area contributed by atoms with E-state index in [9.17, 15) is 13.2 Å². The van der Waals surface area contributed by atoms with Gasteiger partial charge in [-0.1, -0.05) is 41.9 Å². The molecule has 0 radical (unpaired) electrons. The Labute approximate surface area is 187 Å². The van der Waals surface area contributed by atoms with Crippen LogP contribution >= 0.6 is 0 Å². The Hall–Kier alpha value is -3.04. The van der Waals surface area contributed by atoms with Crippen molar-refractivity contribution in [2.45, 2.75) is 38.2 Å². The smallest absolute Gasteiger partial charge is 0.338 e. The highest BCUT2D eigenvalue weighted by Crippen LogP contribution is 2.24. The summed E-state index contributed by atoms with van der Waals surface area (Å²) in [5.41, 5.74) is 2.17. The van der Waals surface area contributed by atoms with Gasteiger partial charge in [0.25, 0.3) is 5.89 Å². The third kappa shape index (κ3) is 4.89. The van der Waals surface area contributed by atoms with Crippen molar-refractivity contribution in [2.24, 2.45) is 5.92 Å². The van der Waals surface area contributed by atoms with Gasteiger partial charge in [0.15, 0.2) is 6.61 Å². The van der Waals surface area contributed by atoms with E-state index in [-0.39, 0.29) is 23.0 Å². The predicted octanol–water partition coefficient (Wildman–Crippen LogP) is 3.82. The maximum atomic E-state index is 12.8. The molecule has 0 saturated carbocycles. The molecule has 1 saturated heterocycles. The summed E-state index contributed by atoms with van der Waals surface area (Å²) in [6, 6.07) is 13.4. The SMILES string of the molecule is Cc1ccc(-c2noc(COC(=O)c3ccc(S(=O)(=O)N4CCC(C)CC4)cc3)n2)cc1. The summed E-state index contributed by atoms with van der Waals surface area (Å²) >= 11 is 0. The predicted molar refractivity (Wildman–Crippen MR) is 117 cm³/mol. The van der Waals surface area contributed by atoms with Crippen LogP contribution in [0.25, 0.3) is 11.4 Å². The number of sulfonamides is 1. The molecule has 0 bridgehead atoms. The number of hydrogen-bond acceptors (Lipinski definition) is 7. The lowest BCUT2D eigenvalue weighted by molar-refractivity contribution is 0.0429. The highest BCUT2D eigenvalue weighted by atomic mass is 32.2. The van der Waals surface area contributed by atoms with Crippen molar-refractivity contribution in [3.05, 3.63) is 65.5 Å². The molecule has 3 aromatic rings. The van der Waals surface area contributed by atoms with E-state index in [1.165, 1.54) is 28.6 Å². The zero-order valence-corrected chi connectivity index (χ0v) is 18.8. The summed E-state index contributed by atoms with van der Waals surface area (Å²) in [7, 11) is -3.56. The summed E-state index contributed by atoms with van der Waals surface area (Å²) in [6.45, 7) is 4.97. The van der Waals surface area contributed by atoms with E-state index in [2.05, 4.69) is 17.1 Å². The lowest BCUT2D eigenvalue weighted by Crippen LogP contribution is -2.37. The van der Waals surface area contributed by atoms with Crippen LogP contribution in [0, 0.1) is 12.8 Å². The van der Waals surface area contributed by atoms with Crippen molar-refractivity contribution >= 4 is 16.0 Å². The Morgan fingerprint density at radius 2 is 1.75 bits per heavy atom. The van der Waals surface area contributed by atoms with E-state index in [1.54, 1.807) is 0 Å². The second kappa shape index (κ2) is 9.22. The summed E-state index contributed by atoms with van der Waals surface area (Å²) < 4.78 is 37.5. The van der Waals surface area contributed by atoms with Gasteiger partial charge in [-0.3, -0.25) is 0 Å². The monoisotopic (exact) mass is 455 g/mol. The maximum Gasteiger partial charge on any atom is 0.338 e. The van der Waals surface area contributed by atoms with Crippen molar-refractivity contribution in [2.75, 3.05) is 13.1 Å². The van der Waals surface area contributed by atoms with Crippen LogP contribution in [0.5, 0.6) is 0 Å². The van der Waals surface area contributed by atoms with Crippen LogP contribution in [-0.2, 0) is 21.4 Å². The highest BCUT2D eigenvalue weighted by Gasteiger charge is 2.28. The molecule has 1 aliphatic heterocycles. The molecule has 1 aromatic heterocycles. The fourth-order valence-electron chi connectivity index (χ4n) is 3.48. The van der Waals surface area contributed by atoms with Crippen molar-refractivity contribution in [1.29, 1.82) is 0 Å². The van der Waals surface area contributed by atoms with E-state index in [4.69, 9.17) is 9.26 Å². The number of benzene rings is 2. The fourth-order valence-corrected chi connectivity index (χ4v) is 4.95. The van der Waals surface area contributed by atoms with Gasteiger partial charge in [-0.25, -0.2) is 13.2 Å². The van der Waals surface area contributed by atoms with Crippen LogP contribution in [0.3, 0.4) is 0 Å². The van der Waals surface area contributed by atoms with Crippen molar-refractivity contribution in [1.82, 2.24) is 14.4 Å². The molecular weight excluding hydrogens is 430 g/mol. The first-order valence-electron chi connectivity index (χ1n) is 10.5. The third-order valence-electron chi connectivity index (χ3n) is 5.57. The highest BCUT2D eigenvalue weighted by molar-refractivity contribution is 7.89. The van der Waals surface area contributed by atoms with Gasteiger partial charge in [-0.15, -0.1) is 0 Å². The molecule has 1 fully saturated rings. The molecule has 1 aliphatic rings. The molecule has 32 heavy (non-hydrogen) atoms. The minimum atomic E-state index is -3.56. The van der Waals surface area contributed by atoms with E-state index >= 15 is 0 Å². The number of piperidine rings is 1. The minimum Gasteiger partial charge on any atom is -0.452 e. The van der Waals surface area contributed by atoms with Crippen LogP contribution in [0.1, 0.15) is 41.6 Å². The summed E-state index contributed by atoms with van der Waals surface area (Å²) in [5, 5.41) is 3.91. The number of carbonyl (C=O) groups is 1. The number of nitrogens with zero attached hydrogens (tertiary/aromatic N) is 3.